The van der Waals surface area contributed by atoms with Gasteiger partial charge in [-0.1, -0.05) is 23.2 Å². The second kappa shape index (κ2) is 7.75. The molecule has 1 aliphatic carbocycles. The Bertz CT molecular complexity index is 456. The summed E-state index contributed by atoms with van der Waals surface area (Å²) >= 11 is 11.8. The Labute approximate surface area is 129 Å². The average molecular weight is 317 g/mol. The van der Waals surface area contributed by atoms with Gasteiger partial charge < -0.3 is 9.47 Å². The van der Waals surface area contributed by atoms with Crippen molar-refractivity contribution < 1.29 is 14.3 Å². The van der Waals surface area contributed by atoms with E-state index in [1.807, 2.05) is 0 Å². The first-order valence-corrected chi connectivity index (χ1v) is 7.68. The van der Waals surface area contributed by atoms with Crippen molar-refractivity contribution in [3.05, 3.63) is 28.2 Å². The van der Waals surface area contributed by atoms with Crippen LogP contribution in [0.15, 0.2) is 18.2 Å². The number of carbonyl (C=O) groups excluding carboxylic acids is 1. The third-order valence-electron chi connectivity index (χ3n) is 3.28. The molecule has 1 aromatic carbocycles. The number of ether oxygens (including phenoxy) is 2. The Balaban J connectivity index is 1.64. The van der Waals surface area contributed by atoms with Crippen LogP contribution in [-0.2, 0) is 9.53 Å². The molecule has 0 aromatic heterocycles. The summed E-state index contributed by atoms with van der Waals surface area (Å²) in [6, 6.07) is 5.07. The van der Waals surface area contributed by atoms with Gasteiger partial charge in [-0.2, -0.15) is 0 Å². The molecule has 0 radical (unpaired) electrons. The molecule has 2 rings (SSSR count). The van der Waals surface area contributed by atoms with Gasteiger partial charge in [0.05, 0.1) is 11.6 Å². The normalized spacial score (nSPS) is 15.3. The molecule has 0 spiro atoms. The summed E-state index contributed by atoms with van der Waals surface area (Å²) in [6.45, 7) is 0.432. The molecule has 3 nitrogen and oxygen atoms in total. The number of halogens is 2. The third kappa shape index (κ3) is 4.88. The average Bonchev–Trinajstić information content (AvgIpc) is 2.89. The van der Waals surface area contributed by atoms with E-state index < -0.39 is 0 Å². The lowest BCUT2D eigenvalue weighted by atomic mass is 10.3. The van der Waals surface area contributed by atoms with Crippen LogP contribution in [0.4, 0.5) is 0 Å². The molecule has 1 saturated carbocycles. The Hall–Kier alpha value is -0.930. The van der Waals surface area contributed by atoms with E-state index in [2.05, 4.69) is 0 Å². The molecule has 0 aliphatic heterocycles. The number of hydrogen-bond donors (Lipinski definition) is 0. The van der Waals surface area contributed by atoms with Crippen molar-refractivity contribution in [2.24, 2.45) is 0 Å². The van der Waals surface area contributed by atoms with Crippen molar-refractivity contribution in [3.63, 3.8) is 0 Å². The van der Waals surface area contributed by atoms with E-state index in [0.717, 1.165) is 25.7 Å². The topological polar surface area (TPSA) is 35.5 Å². The van der Waals surface area contributed by atoms with E-state index in [9.17, 15) is 4.79 Å². The Morgan fingerprint density at radius 1 is 1.25 bits per heavy atom. The summed E-state index contributed by atoms with van der Waals surface area (Å²) in [5.41, 5.74) is 0. The van der Waals surface area contributed by atoms with E-state index in [1.165, 1.54) is 0 Å². The molecule has 0 amide bonds. The fourth-order valence-corrected chi connectivity index (χ4v) is 2.70. The van der Waals surface area contributed by atoms with Crippen molar-refractivity contribution in [2.75, 3.05) is 6.61 Å². The van der Waals surface area contributed by atoms with Gasteiger partial charge in [0.15, 0.2) is 0 Å². The molecule has 5 heteroatoms. The highest BCUT2D eigenvalue weighted by Crippen LogP contribution is 2.27. The lowest BCUT2D eigenvalue weighted by Crippen LogP contribution is -2.15. The van der Waals surface area contributed by atoms with Gasteiger partial charge >= 0.3 is 5.97 Å². The van der Waals surface area contributed by atoms with Gasteiger partial charge in [0.25, 0.3) is 0 Å². The molecule has 0 bridgehead atoms. The maximum Gasteiger partial charge on any atom is 0.306 e. The maximum atomic E-state index is 11.6. The summed E-state index contributed by atoms with van der Waals surface area (Å²) in [7, 11) is 0. The smallest absolute Gasteiger partial charge is 0.306 e. The van der Waals surface area contributed by atoms with Crippen LogP contribution >= 0.6 is 23.2 Å². The van der Waals surface area contributed by atoms with Crippen molar-refractivity contribution in [1.29, 1.82) is 0 Å². The van der Waals surface area contributed by atoms with Crippen molar-refractivity contribution >= 4 is 29.2 Å². The molecule has 110 valence electrons. The first-order valence-electron chi connectivity index (χ1n) is 6.92. The van der Waals surface area contributed by atoms with Gasteiger partial charge in [-0.3, -0.25) is 4.79 Å². The van der Waals surface area contributed by atoms with Gasteiger partial charge in [-0.15, -0.1) is 0 Å². The first kappa shape index (κ1) is 15.5. The summed E-state index contributed by atoms with van der Waals surface area (Å²) in [6.07, 6.45) is 5.46. The minimum atomic E-state index is -0.136. The lowest BCUT2D eigenvalue weighted by Gasteiger charge is -2.11. The number of hydrogen-bond acceptors (Lipinski definition) is 3. The van der Waals surface area contributed by atoms with Crippen LogP contribution in [-0.4, -0.2) is 18.7 Å². The highest BCUT2D eigenvalue weighted by Gasteiger charge is 2.18. The molecule has 1 fully saturated rings. The number of esters is 1. The predicted octanol–water partition coefficient (Wildman–Crippen LogP) is 4.64. The molecular formula is C15H18Cl2O3. The van der Waals surface area contributed by atoms with Gasteiger partial charge in [-0.25, -0.2) is 0 Å². The standard InChI is InChI=1S/C15H18Cl2O3/c16-11-7-8-14(13(17)10-11)19-9-3-6-15(18)20-12-4-1-2-5-12/h7-8,10,12H,1-6,9H2. The van der Waals surface area contributed by atoms with Gasteiger partial charge in [-0.05, 0) is 50.3 Å². The fraction of sp³-hybridized carbons (Fsp3) is 0.533. The fourth-order valence-electron chi connectivity index (χ4n) is 2.24. The molecule has 0 atom stereocenters. The Morgan fingerprint density at radius 2 is 2.00 bits per heavy atom. The van der Waals surface area contributed by atoms with Crippen LogP contribution in [0.1, 0.15) is 38.5 Å². The minimum Gasteiger partial charge on any atom is -0.492 e. The van der Waals surface area contributed by atoms with Crippen LogP contribution in [0, 0.1) is 0 Å². The lowest BCUT2D eigenvalue weighted by molar-refractivity contribution is -0.148. The largest absolute Gasteiger partial charge is 0.492 e. The zero-order chi connectivity index (χ0) is 14.4. The molecular weight excluding hydrogens is 299 g/mol. The molecule has 1 aromatic rings. The summed E-state index contributed by atoms with van der Waals surface area (Å²) in [5, 5.41) is 1.05. The maximum absolute atomic E-state index is 11.6. The zero-order valence-corrected chi connectivity index (χ0v) is 12.8. The van der Waals surface area contributed by atoms with Crippen molar-refractivity contribution in [2.45, 2.75) is 44.6 Å². The highest BCUT2D eigenvalue weighted by atomic mass is 35.5. The molecule has 1 aliphatic rings. The van der Waals surface area contributed by atoms with Gasteiger partial charge in [0, 0.05) is 11.4 Å². The predicted molar refractivity (Wildman–Crippen MR) is 79.5 cm³/mol. The first-order chi connectivity index (χ1) is 9.65. The van der Waals surface area contributed by atoms with Crippen molar-refractivity contribution in [1.82, 2.24) is 0 Å². The second-order valence-electron chi connectivity index (χ2n) is 4.92. The monoisotopic (exact) mass is 316 g/mol. The number of carbonyl (C=O) groups is 1. The minimum absolute atomic E-state index is 0.133. The molecule has 20 heavy (non-hydrogen) atoms. The summed E-state index contributed by atoms with van der Waals surface area (Å²) < 4.78 is 10.9. The van der Waals surface area contributed by atoms with Crippen LogP contribution in [0.25, 0.3) is 0 Å². The van der Waals surface area contributed by atoms with Gasteiger partial charge in [0.1, 0.15) is 11.9 Å². The van der Waals surface area contributed by atoms with E-state index in [1.54, 1.807) is 18.2 Å². The van der Waals surface area contributed by atoms with Gasteiger partial charge in [0.2, 0.25) is 0 Å². The highest BCUT2D eigenvalue weighted by molar-refractivity contribution is 6.35. The molecule has 0 N–H and O–H groups in total. The SMILES string of the molecule is O=C(CCCOc1ccc(Cl)cc1Cl)OC1CCCC1. The molecule has 0 heterocycles. The van der Waals surface area contributed by atoms with E-state index in [4.69, 9.17) is 32.7 Å². The number of rotatable bonds is 6. The van der Waals surface area contributed by atoms with Crippen LogP contribution in [0.5, 0.6) is 5.75 Å². The molecule has 0 saturated heterocycles. The second-order valence-corrected chi connectivity index (χ2v) is 5.77. The van der Waals surface area contributed by atoms with Crippen LogP contribution < -0.4 is 4.74 Å². The zero-order valence-electron chi connectivity index (χ0n) is 11.2. The van der Waals surface area contributed by atoms with E-state index >= 15 is 0 Å². The quantitative estimate of drug-likeness (QED) is 0.566. The Morgan fingerprint density at radius 3 is 2.70 bits per heavy atom. The van der Waals surface area contributed by atoms with Crippen LogP contribution in [0.3, 0.4) is 0 Å². The van der Waals surface area contributed by atoms with E-state index in [0.29, 0.717) is 35.2 Å². The third-order valence-corrected chi connectivity index (χ3v) is 3.81. The summed E-state index contributed by atoms with van der Waals surface area (Å²) in [5.74, 6) is 0.447. The summed E-state index contributed by atoms with van der Waals surface area (Å²) in [4.78, 5) is 11.6. The van der Waals surface area contributed by atoms with Crippen LogP contribution in [0.2, 0.25) is 10.0 Å². The molecule has 0 unspecified atom stereocenters. The van der Waals surface area contributed by atoms with Crippen molar-refractivity contribution in [3.8, 4) is 5.75 Å². The number of benzene rings is 1. The Kier molecular flexibility index (Phi) is 5.99. The van der Waals surface area contributed by atoms with E-state index in [-0.39, 0.29) is 12.1 Å².